The van der Waals surface area contributed by atoms with Gasteiger partial charge in [0.15, 0.2) is 0 Å². The third-order valence-electron chi connectivity index (χ3n) is 6.83. The summed E-state index contributed by atoms with van der Waals surface area (Å²) < 4.78 is 26.2. The molecular weight excluding hydrogens is 474 g/mol. The Morgan fingerprint density at radius 3 is 2.25 bits per heavy atom. The molecule has 8 heteroatoms. The molecule has 0 heterocycles. The highest BCUT2D eigenvalue weighted by atomic mass is 32.2. The second-order valence-electron chi connectivity index (χ2n) is 9.76. The largest absolute Gasteiger partial charge is 0.352 e. The molecule has 1 aliphatic rings. The molecule has 2 aromatic rings. The van der Waals surface area contributed by atoms with Gasteiger partial charge in [0.2, 0.25) is 21.8 Å². The van der Waals surface area contributed by atoms with Crippen LogP contribution in [0.2, 0.25) is 0 Å². The molecule has 0 aliphatic heterocycles. The van der Waals surface area contributed by atoms with Crippen molar-refractivity contribution in [3.8, 4) is 0 Å². The first-order valence-corrected chi connectivity index (χ1v) is 14.7. The smallest absolute Gasteiger partial charge is 0.242 e. The number of rotatable bonds is 12. The summed E-state index contributed by atoms with van der Waals surface area (Å²) in [5, 5.41) is 3.11. The van der Waals surface area contributed by atoms with Crippen LogP contribution in [0.1, 0.15) is 56.6 Å². The predicted octanol–water partition coefficient (Wildman–Crippen LogP) is 4.06. The zero-order chi connectivity index (χ0) is 26.1. The Morgan fingerprint density at radius 2 is 1.64 bits per heavy atom. The number of sulfonamides is 1. The van der Waals surface area contributed by atoms with Gasteiger partial charge in [0.1, 0.15) is 6.04 Å². The summed E-state index contributed by atoms with van der Waals surface area (Å²) >= 11 is 0. The molecule has 2 amide bonds. The van der Waals surface area contributed by atoms with E-state index in [0.29, 0.717) is 25.1 Å². The van der Waals surface area contributed by atoms with E-state index < -0.39 is 16.1 Å². The number of hydrogen-bond donors (Lipinski definition) is 1. The SMILES string of the molecule is Cc1ccc(N(CCCC(=O)N(CCc2ccccc2)[C@H](C)C(=O)NC2CCCC2)S(C)(=O)=O)cc1. The van der Waals surface area contributed by atoms with Crippen molar-refractivity contribution in [2.45, 2.75) is 70.9 Å². The average molecular weight is 514 g/mol. The van der Waals surface area contributed by atoms with Crippen molar-refractivity contribution in [1.29, 1.82) is 0 Å². The molecule has 3 rings (SSSR count). The summed E-state index contributed by atoms with van der Waals surface area (Å²) in [6.45, 7) is 4.35. The van der Waals surface area contributed by atoms with Crippen molar-refractivity contribution in [3.05, 3.63) is 65.7 Å². The molecule has 7 nitrogen and oxygen atoms in total. The number of amides is 2. The number of nitrogens with one attached hydrogen (secondary N) is 1. The first-order valence-electron chi connectivity index (χ1n) is 12.8. The summed E-state index contributed by atoms with van der Waals surface area (Å²) in [4.78, 5) is 28.0. The quantitative estimate of drug-likeness (QED) is 0.464. The minimum absolute atomic E-state index is 0.124. The molecule has 0 radical (unpaired) electrons. The van der Waals surface area contributed by atoms with E-state index >= 15 is 0 Å². The predicted molar refractivity (Wildman–Crippen MR) is 144 cm³/mol. The van der Waals surface area contributed by atoms with E-state index in [0.717, 1.165) is 36.8 Å². The van der Waals surface area contributed by atoms with E-state index in [9.17, 15) is 18.0 Å². The van der Waals surface area contributed by atoms with E-state index in [2.05, 4.69) is 5.32 Å². The number of benzene rings is 2. The van der Waals surface area contributed by atoms with Crippen LogP contribution < -0.4 is 9.62 Å². The van der Waals surface area contributed by atoms with Crippen LogP contribution in [0.5, 0.6) is 0 Å². The second-order valence-corrected chi connectivity index (χ2v) is 11.7. The Balaban J connectivity index is 1.66. The summed E-state index contributed by atoms with van der Waals surface area (Å²) in [6, 6.07) is 16.8. The first kappa shape index (κ1) is 27.7. The molecule has 36 heavy (non-hydrogen) atoms. The third-order valence-corrected chi connectivity index (χ3v) is 8.02. The van der Waals surface area contributed by atoms with Gasteiger partial charge < -0.3 is 10.2 Å². The van der Waals surface area contributed by atoms with Crippen LogP contribution in [-0.2, 0) is 26.0 Å². The van der Waals surface area contributed by atoms with E-state index in [1.165, 1.54) is 10.6 Å². The summed E-state index contributed by atoms with van der Waals surface area (Å²) in [5.41, 5.74) is 2.73. The lowest BCUT2D eigenvalue weighted by molar-refractivity contribution is -0.140. The van der Waals surface area contributed by atoms with E-state index in [4.69, 9.17) is 0 Å². The molecule has 1 aliphatic carbocycles. The number of carbonyl (C=O) groups is 2. The molecule has 1 saturated carbocycles. The standard InChI is InChI=1S/C28H39N3O4S/c1-22-15-17-26(18-16-22)31(36(3,34)35)20-9-14-27(32)30(21-19-24-10-5-4-6-11-24)23(2)28(33)29-25-12-7-8-13-25/h4-6,10-11,15-18,23,25H,7-9,12-14,19-21H2,1-3H3,(H,29,33)/t23-/m1/s1. The van der Waals surface area contributed by atoms with Gasteiger partial charge in [-0.2, -0.15) is 0 Å². The van der Waals surface area contributed by atoms with Crippen molar-refractivity contribution in [2.24, 2.45) is 0 Å². The van der Waals surface area contributed by atoms with Crippen molar-refractivity contribution in [2.75, 3.05) is 23.7 Å². The van der Waals surface area contributed by atoms with Crippen LogP contribution >= 0.6 is 0 Å². The molecule has 0 spiro atoms. The second kappa shape index (κ2) is 12.9. The fourth-order valence-electron chi connectivity index (χ4n) is 4.68. The van der Waals surface area contributed by atoms with Crippen LogP contribution in [0.4, 0.5) is 5.69 Å². The van der Waals surface area contributed by atoms with Crippen LogP contribution in [0, 0.1) is 6.92 Å². The fourth-order valence-corrected chi connectivity index (χ4v) is 5.64. The molecule has 2 aromatic carbocycles. The number of carbonyl (C=O) groups excluding carboxylic acids is 2. The van der Waals surface area contributed by atoms with Gasteiger partial charge in [0, 0.05) is 25.6 Å². The highest BCUT2D eigenvalue weighted by Gasteiger charge is 2.28. The summed E-state index contributed by atoms with van der Waals surface area (Å²) in [7, 11) is -3.49. The zero-order valence-corrected chi connectivity index (χ0v) is 22.5. The molecule has 0 saturated heterocycles. The van der Waals surface area contributed by atoms with Crippen LogP contribution in [-0.4, -0.2) is 56.6 Å². The van der Waals surface area contributed by atoms with Gasteiger partial charge in [0.05, 0.1) is 11.9 Å². The van der Waals surface area contributed by atoms with Crippen LogP contribution in [0.3, 0.4) is 0 Å². The molecular formula is C28H39N3O4S. The van der Waals surface area contributed by atoms with Crippen molar-refractivity contribution in [1.82, 2.24) is 10.2 Å². The Labute approximate surface area is 215 Å². The maximum atomic E-state index is 13.3. The molecule has 0 unspecified atom stereocenters. The molecule has 1 atom stereocenters. The van der Waals surface area contributed by atoms with Crippen molar-refractivity contribution >= 4 is 27.5 Å². The topological polar surface area (TPSA) is 86.8 Å². The summed E-state index contributed by atoms with van der Waals surface area (Å²) in [5.74, 6) is -0.266. The third kappa shape index (κ3) is 8.08. The van der Waals surface area contributed by atoms with Crippen LogP contribution in [0.15, 0.2) is 54.6 Å². The highest BCUT2D eigenvalue weighted by molar-refractivity contribution is 7.92. The van der Waals surface area contributed by atoms with Gasteiger partial charge in [-0.15, -0.1) is 0 Å². The fraction of sp³-hybridized carbons (Fsp3) is 0.500. The lowest BCUT2D eigenvalue weighted by atomic mass is 10.1. The van der Waals surface area contributed by atoms with Gasteiger partial charge in [0.25, 0.3) is 0 Å². The Hall–Kier alpha value is -2.87. The molecule has 0 bridgehead atoms. The first-order chi connectivity index (χ1) is 17.1. The Kier molecular flexibility index (Phi) is 9.93. The van der Waals surface area contributed by atoms with Crippen LogP contribution in [0.25, 0.3) is 0 Å². The molecule has 196 valence electrons. The maximum absolute atomic E-state index is 13.3. The van der Waals surface area contributed by atoms with Gasteiger partial charge in [-0.1, -0.05) is 60.9 Å². The Morgan fingerprint density at radius 1 is 1.00 bits per heavy atom. The normalized spacial score (nSPS) is 14.9. The van der Waals surface area contributed by atoms with E-state index in [1.54, 1.807) is 24.0 Å². The van der Waals surface area contributed by atoms with E-state index in [1.807, 2.05) is 49.4 Å². The van der Waals surface area contributed by atoms with Crippen molar-refractivity contribution in [3.63, 3.8) is 0 Å². The van der Waals surface area contributed by atoms with Gasteiger partial charge in [-0.25, -0.2) is 8.42 Å². The van der Waals surface area contributed by atoms with Gasteiger partial charge in [-0.05, 0) is 57.2 Å². The number of hydrogen-bond acceptors (Lipinski definition) is 4. The lowest BCUT2D eigenvalue weighted by Gasteiger charge is -2.30. The number of aryl methyl sites for hydroxylation is 1. The van der Waals surface area contributed by atoms with Gasteiger partial charge in [-0.3, -0.25) is 13.9 Å². The number of anilines is 1. The highest BCUT2D eigenvalue weighted by Crippen LogP contribution is 2.20. The summed E-state index contributed by atoms with van der Waals surface area (Å²) in [6.07, 6.45) is 6.55. The van der Waals surface area contributed by atoms with E-state index in [-0.39, 0.29) is 30.8 Å². The Bertz CT molecular complexity index is 1100. The zero-order valence-electron chi connectivity index (χ0n) is 21.7. The minimum atomic E-state index is -3.49. The van der Waals surface area contributed by atoms with Crippen molar-refractivity contribution < 1.29 is 18.0 Å². The van der Waals surface area contributed by atoms with Gasteiger partial charge >= 0.3 is 0 Å². The minimum Gasteiger partial charge on any atom is -0.352 e. The lowest BCUT2D eigenvalue weighted by Crippen LogP contribution is -2.50. The monoisotopic (exact) mass is 513 g/mol. The average Bonchev–Trinajstić information content (AvgIpc) is 3.35. The molecule has 1 fully saturated rings. The molecule has 0 aromatic heterocycles. The number of nitrogens with zero attached hydrogens (tertiary/aromatic N) is 2. The molecule has 1 N–H and O–H groups in total. The maximum Gasteiger partial charge on any atom is 0.242 e.